The van der Waals surface area contributed by atoms with Crippen LogP contribution < -0.4 is 15.8 Å². The average Bonchev–Trinajstić information content (AvgIpc) is 2.79. The number of hydrogen-bond donors (Lipinski definition) is 3. The monoisotopic (exact) mass is 538 g/mol. The number of aliphatic hydroxyl groups excluding tert-OH is 1. The molecule has 1 aliphatic carbocycles. The SMILES string of the molecule is CC1C=C(c2ccc(CCOc3c(Br)cc(NC(=O)[C@@H](N)CO)cc3C(F)(F)F)cc2)C=CC1. The molecule has 0 saturated carbocycles. The Morgan fingerprint density at radius 2 is 2.00 bits per heavy atom. The summed E-state index contributed by atoms with van der Waals surface area (Å²) >= 11 is 3.11. The number of benzene rings is 2. The van der Waals surface area contributed by atoms with Gasteiger partial charge in [0.05, 0.1) is 17.7 Å². The van der Waals surface area contributed by atoms with Gasteiger partial charge in [-0.25, -0.2) is 0 Å². The van der Waals surface area contributed by atoms with Gasteiger partial charge in [0.2, 0.25) is 5.91 Å². The number of nitrogens with two attached hydrogens (primary N) is 1. The molecule has 1 amide bonds. The second-order valence-corrected chi connectivity index (χ2v) is 9.00. The van der Waals surface area contributed by atoms with Gasteiger partial charge >= 0.3 is 6.18 Å². The Balaban J connectivity index is 1.70. The number of ether oxygens (including phenoxy) is 1. The number of nitrogens with one attached hydrogen (secondary N) is 1. The van der Waals surface area contributed by atoms with E-state index in [1.54, 1.807) is 0 Å². The van der Waals surface area contributed by atoms with Crippen molar-refractivity contribution >= 4 is 33.1 Å². The average molecular weight is 539 g/mol. The fourth-order valence-electron chi connectivity index (χ4n) is 3.51. The highest BCUT2D eigenvalue weighted by atomic mass is 79.9. The molecule has 0 spiro atoms. The highest BCUT2D eigenvalue weighted by Gasteiger charge is 2.36. The van der Waals surface area contributed by atoms with Crippen LogP contribution >= 0.6 is 15.9 Å². The van der Waals surface area contributed by atoms with Crippen LogP contribution in [0.1, 0.15) is 30.0 Å². The van der Waals surface area contributed by atoms with Crippen LogP contribution in [0, 0.1) is 5.92 Å². The van der Waals surface area contributed by atoms with E-state index in [1.807, 2.05) is 24.3 Å². The molecule has 3 rings (SSSR count). The Bertz CT molecular complexity index is 1080. The molecule has 34 heavy (non-hydrogen) atoms. The van der Waals surface area contributed by atoms with Gasteiger partial charge in [-0.1, -0.05) is 49.4 Å². The summed E-state index contributed by atoms with van der Waals surface area (Å²) in [5.41, 5.74) is 7.45. The molecule has 0 aliphatic heterocycles. The number of amides is 1. The molecule has 2 aromatic rings. The molecule has 2 aromatic carbocycles. The lowest BCUT2D eigenvalue weighted by molar-refractivity contribution is -0.139. The predicted molar refractivity (Wildman–Crippen MR) is 129 cm³/mol. The molecule has 0 fully saturated rings. The van der Waals surface area contributed by atoms with E-state index in [9.17, 15) is 18.0 Å². The van der Waals surface area contributed by atoms with Crippen molar-refractivity contribution in [2.24, 2.45) is 11.7 Å². The number of alkyl halides is 3. The van der Waals surface area contributed by atoms with Crippen molar-refractivity contribution in [3.05, 3.63) is 75.8 Å². The molecule has 0 heterocycles. The molecule has 0 saturated heterocycles. The summed E-state index contributed by atoms with van der Waals surface area (Å²) in [4.78, 5) is 11.8. The summed E-state index contributed by atoms with van der Waals surface area (Å²) in [5.74, 6) is -0.672. The van der Waals surface area contributed by atoms with Gasteiger partial charge in [0.15, 0.2) is 0 Å². The van der Waals surface area contributed by atoms with Crippen molar-refractivity contribution in [3.8, 4) is 5.75 Å². The van der Waals surface area contributed by atoms with Crippen LogP contribution in [0.25, 0.3) is 5.57 Å². The zero-order valence-corrected chi connectivity index (χ0v) is 20.1. The first-order valence-corrected chi connectivity index (χ1v) is 11.6. The third-order valence-electron chi connectivity index (χ3n) is 5.34. The highest BCUT2D eigenvalue weighted by Crippen LogP contribution is 2.42. The molecule has 182 valence electrons. The van der Waals surface area contributed by atoms with E-state index in [0.717, 1.165) is 29.2 Å². The molecule has 0 bridgehead atoms. The number of anilines is 1. The fourth-order valence-corrected chi connectivity index (χ4v) is 4.08. The molecule has 0 radical (unpaired) electrons. The van der Waals surface area contributed by atoms with Crippen LogP contribution in [-0.4, -0.2) is 30.3 Å². The maximum absolute atomic E-state index is 13.7. The van der Waals surface area contributed by atoms with Gasteiger partial charge in [-0.2, -0.15) is 13.2 Å². The van der Waals surface area contributed by atoms with Crippen molar-refractivity contribution < 1.29 is 27.8 Å². The fraction of sp³-hybridized carbons (Fsp3) is 0.320. The quantitative estimate of drug-likeness (QED) is 0.424. The molecule has 1 aliphatic rings. The smallest absolute Gasteiger partial charge is 0.420 e. The minimum Gasteiger partial charge on any atom is -0.491 e. The van der Waals surface area contributed by atoms with Gasteiger partial charge in [-0.3, -0.25) is 4.79 Å². The molecule has 4 N–H and O–H groups in total. The van der Waals surface area contributed by atoms with Crippen molar-refractivity contribution in [2.45, 2.75) is 32.0 Å². The topological polar surface area (TPSA) is 84.6 Å². The number of allylic oxidation sites excluding steroid dienone is 4. The van der Waals surface area contributed by atoms with Crippen LogP contribution in [0.3, 0.4) is 0 Å². The maximum Gasteiger partial charge on any atom is 0.420 e. The van der Waals surface area contributed by atoms with Crippen LogP contribution in [0.2, 0.25) is 0 Å². The Kier molecular flexibility index (Phi) is 8.57. The van der Waals surface area contributed by atoms with E-state index in [1.165, 1.54) is 6.07 Å². The number of rotatable bonds is 8. The number of hydrogen-bond acceptors (Lipinski definition) is 4. The van der Waals surface area contributed by atoms with Crippen molar-refractivity contribution in [2.75, 3.05) is 18.5 Å². The summed E-state index contributed by atoms with van der Waals surface area (Å²) in [5, 5.41) is 11.2. The molecule has 0 aromatic heterocycles. The van der Waals surface area contributed by atoms with Crippen LogP contribution in [0.4, 0.5) is 18.9 Å². The van der Waals surface area contributed by atoms with Gasteiger partial charge in [-0.15, -0.1) is 0 Å². The molecule has 5 nitrogen and oxygen atoms in total. The number of carbonyl (C=O) groups is 1. The van der Waals surface area contributed by atoms with E-state index < -0.39 is 30.3 Å². The Labute approximate surface area is 204 Å². The van der Waals surface area contributed by atoms with E-state index in [-0.39, 0.29) is 22.5 Å². The first-order valence-electron chi connectivity index (χ1n) is 10.8. The third-order valence-corrected chi connectivity index (χ3v) is 5.93. The number of carbonyl (C=O) groups excluding carboxylic acids is 1. The second kappa shape index (κ2) is 11.2. The zero-order valence-electron chi connectivity index (χ0n) is 18.5. The summed E-state index contributed by atoms with van der Waals surface area (Å²) in [6, 6.07) is 8.70. The Morgan fingerprint density at radius 3 is 2.62 bits per heavy atom. The van der Waals surface area contributed by atoms with Gasteiger partial charge < -0.3 is 20.9 Å². The minimum atomic E-state index is -4.71. The van der Waals surface area contributed by atoms with Gasteiger partial charge in [-0.05, 0) is 57.1 Å². The Morgan fingerprint density at radius 1 is 1.29 bits per heavy atom. The van der Waals surface area contributed by atoms with E-state index in [4.69, 9.17) is 15.6 Å². The zero-order chi connectivity index (χ0) is 24.9. The lowest BCUT2D eigenvalue weighted by Gasteiger charge is -2.18. The van der Waals surface area contributed by atoms with E-state index in [2.05, 4.69) is 46.4 Å². The van der Waals surface area contributed by atoms with Crippen molar-refractivity contribution in [3.63, 3.8) is 0 Å². The molecule has 1 unspecified atom stereocenters. The summed E-state index contributed by atoms with van der Waals surface area (Å²) < 4.78 is 46.6. The maximum atomic E-state index is 13.7. The van der Waals surface area contributed by atoms with Crippen LogP contribution in [0.5, 0.6) is 5.75 Å². The lowest BCUT2D eigenvalue weighted by Crippen LogP contribution is -2.38. The molecule has 9 heteroatoms. The highest BCUT2D eigenvalue weighted by molar-refractivity contribution is 9.10. The second-order valence-electron chi connectivity index (χ2n) is 8.14. The summed E-state index contributed by atoms with van der Waals surface area (Å²) in [6.07, 6.45) is 3.19. The number of aliphatic hydroxyl groups is 1. The van der Waals surface area contributed by atoms with E-state index >= 15 is 0 Å². The van der Waals surface area contributed by atoms with Gasteiger partial charge in [0.25, 0.3) is 0 Å². The Hall–Kier alpha value is -2.62. The van der Waals surface area contributed by atoms with Gasteiger partial charge in [0, 0.05) is 12.1 Å². The van der Waals surface area contributed by atoms with E-state index in [0.29, 0.717) is 12.3 Å². The first kappa shape index (κ1) is 26.0. The van der Waals surface area contributed by atoms with Crippen LogP contribution in [0.15, 0.2) is 59.1 Å². The van der Waals surface area contributed by atoms with Gasteiger partial charge in [0.1, 0.15) is 17.4 Å². The van der Waals surface area contributed by atoms with Crippen LogP contribution in [-0.2, 0) is 17.4 Å². The largest absolute Gasteiger partial charge is 0.491 e. The predicted octanol–water partition coefficient (Wildman–Crippen LogP) is 5.33. The first-order chi connectivity index (χ1) is 16.1. The molecular weight excluding hydrogens is 513 g/mol. The number of halogens is 4. The standard InChI is InChI=1S/C25H26BrF3N2O3/c1-15-3-2-4-18(11-15)17-7-5-16(6-8-17)9-10-34-23-20(25(27,28)29)12-19(13-21(23)26)31-24(33)22(30)14-32/h2,4-8,11-13,15,22,32H,3,9-10,14,30H2,1H3,(H,31,33)/t15?,22-/m0/s1. The third kappa shape index (κ3) is 6.71. The molecule has 2 atom stereocenters. The van der Waals surface area contributed by atoms with Crippen molar-refractivity contribution in [1.82, 2.24) is 0 Å². The summed E-state index contributed by atoms with van der Waals surface area (Å²) in [7, 11) is 0. The minimum absolute atomic E-state index is 0.0295. The molecular formula is C25H26BrF3N2O3. The normalized spacial score (nSPS) is 16.7. The van der Waals surface area contributed by atoms with Crippen molar-refractivity contribution in [1.29, 1.82) is 0 Å². The lowest BCUT2D eigenvalue weighted by atomic mass is 9.93. The summed E-state index contributed by atoms with van der Waals surface area (Å²) in [6.45, 7) is 1.56.